The fraction of sp³-hybridized carbons (Fsp3) is 0. The number of nitrogens with zero attached hydrogens (tertiary/aromatic N) is 2. The molecule has 1 amide bonds. The Morgan fingerprint density at radius 3 is 2.58 bits per heavy atom. The van der Waals surface area contributed by atoms with Gasteiger partial charge < -0.3 is 21.3 Å². The maximum absolute atomic E-state index is 11.7. The molecule has 19 heavy (non-hydrogen) atoms. The quantitative estimate of drug-likeness (QED) is 0.617. The number of amides is 1. The van der Waals surface area contributed by atoms with Gasteiger partial charge in [0.1, 0.15) is 11.3 Å². The van der Waals surface area contributed by atoms with Crippen LogP contribution in [0.15, 0.2) is 22.8 Å². The summed E-state index contributed by atoms with van der Waals surface area (Å²) in [5.74, 6) is -2.62. The van der Waals surface area contributed by atoms with Crippen molar-refractivity contribution in [2.75, 3.05) is 11.1 Å². The summed E-state index contributed by atoms with van der Waals surface area (Å²) in [5, 5.41) is 27.1. The van der Waals surface area contributed by atoms with Gasteiger partial charge in [0, 0.05) is 11.8 Å². The van der Waals surface area contributed by atoms with E-state index in [1.165, 1.54) is 6.07 Å². The van der Waals surface area contributed by atoms with Crippen LogP contribution < -0.4 is 11.1 Å². The van der Waals surface area contributed by atoms with Crippen LogP contribution in [0.2, 0.25) is 0 Å². The van der Waals surface area contributed by atoms with E-state index in [0.717, 1.165) is 12.1 Å². The molecule has 0 aliphatic rings. The summed E-state index contributed by atoms with van der Waals surface area (Å²) in [6.07, 6.45) is 0. The number of hydrogen-bond donors (Lipinski definition) is 4. The third-order valence-corrected chi connectivity index (χ3v) is 2.21. The van der Waals surface area contributed by atoms with Crippen LogP contribution in [0, 0.1) is 0 Å². The van der Waals surface area contributed by atoms with Crippen LogP contribution in [0.25, 0.3) is 0 Å². The molecule has 0 unspecified atom stereocenters. The number of carbonyl (C=O) groups excluding carboxylic acids is 1. The van der Waals surface area contributed by atoms with Gasteiger partial charge in [0.15, 0.2) is 0 Å². The van der Waals surface area contributed by atoms with Gasteiger partial charge >= 0.3 is 5.97 Å². The molecule has 1 aromatic carbocycles. The van der Waals surface area contributed by atoms with Gasteiger partial charge in [-0.25, -0.2) is 9.42 Å². The summed E-state index contributed by atoms with van der Waals surface area (Å²) in [4.78, 5) is 22.4. The zero-order valence-corrected chi connectivity index (χ0v) is 9.32. The molecule has 98 valence electrons. The molecule has 0 saturated heterocycles. The van der Waals surface area contributed by atoms with Crippen LogP contribution in [-0.2, 0) is 0 Å². The third-order valence-electron chi connectivity index (χ3n) is 2.21. The number of aromatic carboxylic acids is 1. The van der Waals surface area contributed by atoms with Crippen LogP contribution in [0.1, 0.15) is 20.8 Å². The molecule has 5 N–H and O–H groups in total. The number of rotatable bonds is 3. The first-order valence-corrected chi connectivity index (χ1v) is 4.94. The van der Waals surface area contributed by atoms with Crippen molar-refractivity contribution in [2.45, 2.75) is 0 Å². The number of phenols is 1. The number of carboxylic acid groups (broad SMARTS) is 1. The average Bonchev–Trinajstić information content (AvgIpc) is 2.75. The van der Waals surface area contributed by atoms with Gasteiger partial charge in [-0.15, -0.1) is 0 Å². The van der Waals surface area contributed by atoms with Gasteiger partial charge in [-0.3, -0.25) is 4.79 Å². The van der Waals surface area contributed by atoms with E-state index in [-0.39, 0.29) is 22.8 Å². The average molecular weight is 264 g/mol. The topological polar surface area (TPSA) is 152 Å². The molecule has 0 bridgehead atoms. The minimum absolute atomic E-state index is 0.176. The minimum Gasteiger partial charge on any atom is -0.507 e. The molecule has 0 saturated carbocycles. The number of carboxylic acids is 1. The summed E-state index contributed by atoms with van der Waals surface area (Å²) in [5.41, 5.74) is 5.03. The number of carbonyl (C=O) groups is 2. The molecule has 0 aliphatic heterocycles. The molecule has 0 aliphatic carbocycles. The molecular formula is C10H8N4O5. The minimum atomic E-state index is -1.28. The maximum Gasteiger partial charge on any atom is 0.339 e. The maximum atomic E-state index is 11.7. The molecular weight excluding hydrogens is 256 g/mol. The SMILES string of the molecule is Nc1nonc1C(=O)Nc1ccc(C(=O)O)c(O)c1. The Bertz CT molecular complexity index is 651. The normalized spacial score (nSPS) is 10.1. The molecule has 2 rings (SSSR count). The van der Waals surface area contributed by atoms with Crippen LogP contribution in [0.3, 0.4) is 0 Å². The number of aromatic nitrogens is 2. The Morgan fingerprint density at radius 1 is 1.32 bits per heavy atom. The predicted molar refractivity (Wildman–Crippen MR) is 61.7 cm³/mol. The van der Waals surface area contributed by atoms with E-state index in [4.69, 9.17) is 10.8 Å². The number of nitrogen functional groups attached to an aromatic ring is 1. The predicted octanol–water partition coefficient (Wildman–Crippen LogP) is 0.308. The lowest BCUT2D eigenvalue weighted by Gasteiger charge is -2.05. The molecule has 9 nitrogen and oxygen atoms in total. The summed E-state index contributed by atoms with van der Waals surface area (Å²) in [7, 11) is 0. The molecule has 9 heteroatoms. The highest BCUT2D eigenvalue weighted by Crippen LogP contribution is 2.22. The lowest BCUT2D eigenvalue weighted by atomic mass is 10.2. The molecule has 0 radical (unpaired) electrons. The van der Waals surface area contributed by atoms with Crippen LogP contribution >= 0.6 is 0 Å². The summed E-state index contributed by atoms with van der Waals surface area (Å²) in [6, 6.07) is 3.55. The highest BCUT2D eigenvalue weighted by molar-refractivity contribution is 6.05. The number of nitrogens with one attached hydrogen (secondary N) is 1. The van der Waals surface area contributed by atoms with E-state index in [2.05, 4.69) is 20.3 Å². The Labute approximate surface area is 105 Å². The first-order chi connectivity index (χ1) is 8.99. The highest BCUT2D eigenvalue weighted by atomic mass is 16.6. The van der Waals surface area contributed by atoms with Gasteiger partial charge in [0.25, 0.3) is 5.91 Å². The van der Waals surface area contributed by atoms with Crippen LogP contribution in [0.4, 0.5) is 11.5 Å². The van der Waals surface area contributed by atoms with E-state index in [1.807, 2.05) is 0 Å². The van der Waals surface area contributed by atoms with Crippen LogP contribution in [0.5, 0.6) is 5.75 Å². The summed E-state index contributed by atoms with van der Waals surface area (Å²) in [6.45, 7) is 0. The summed E-state index contributed by atoms with van der Waals surface area (Å²) >= 11 is 0. The second-order valence-electron chi connectivity index (χ2n) is 3.49. The van der Waals surface area contributed by atoms with Crippen molar-refractivity contribution in [3.05, 3.63) is 29.5 Å². The van der Waals surface area contributed by atoms with Crippen LogP contribution in [-0.4, -0.2) is 32.4 Å². The smallest absolute Gasteiger partial charge is 0.339 e. The second kappa shape index (κ2) is 4.64. The van der Waals surface area contributed by atoms with Gasteiger partial charge in [-0.1, -0.05) is 0 Å². The molecule has 1 aromatic heterocycles. The molecule has 1 heterocycles. The van der Waals surface area contributed by atoms with Crippen molar-refractivity contribution in [3.8, 4) is 5.75 Å². The highest BCUT2D eigenvalue weighted by Gasteiger charge is 2.17. The van der Waals surface area contributed by atoms with Crippen molar-refractivity contribution in [1.82, 2.24) is 10.3 Å². The fourth-order valence-electron chi connectivity index (χ4n) is 1.33. The zero-order valence-electron chi connectivity index (χ0n) is 9.32. The molecule has 0 fully saturated rings. The molecule has 0 spiro atoms. The lowest BCUT2D eigenvalue weighted by molar-refractivity contribution is 0.0693. The fourth-order valence-corrected chi connectivity index (χ4v) is 1.33. The number of benzene rings is 1. The molecule has 2 aromatic rings. The third kappa shape index (κ3) is 2.44. The van der Waals surface area contributed by atoms with E-state index in [9.17, 15) is 14.7 Å². The van der Waals surface area contributed by atoms with E-state index in [1.54, 1.807) is 0 Å². The number of hydrogen-bond acceptors (Lipinski definition) is 7. The van der Waals surface area contributed by atoms with E-state index in [0.29, 0.717) is 0 Å². The first-order valence-electron chi connectivity index (χ1n) is 4.94. The van der Waals surface area contributed by atoms with Crippen molar-refractivity contribution in [2.24, 2.45) is 0 Å². The van der Waals surface area contributed by atoms with Crippen molar-refractivity contribution >= 4 is 23.4 Å². The Balaban J connectivity index is 2.21. The number of anilines is 2. The number of aromatic hydroxyl groups is 1. The second-order valence-corrected chi connectivity index (χ2v) is 3.49. The van der Waals surface area contributed by atoms with Crippen molar-refractivity contribution < 1.29 is 24.4 Å². The van der Waals surface area contributed by atoms with Gasteiger partial charge in [0.2, 0.25) is 11.5 Å². The zero-order chi connectivity index (χ0) is 14.0. The van der Waals surface area contributed by atoms with E-state index < -0.39 is 17.6 Å². The van der Waals surface area contributed by atoms with E-state index >= 15 is 0 Å². The van der Waals surface area contributed by atoms with Gasteiger partial charge in [0.05, 0.1) is 0 Å². The first kappa shape index (κ1) is 12.4. The number of nitrogens with two attached hydrogens (primary N) is 1. The van der Waals surface area contributed by atoms with Gasteiger partial charge in [-0.05, 0) is 22.4 Å². The van der Waals surface area contributed by atoms with Gasteiger partial charge in [-0.2, -0.15) is 0 Å². The monoisotopic (exact) mass is 264 g/mol. The Hall–Kier alpha value is -3.10. The molecule has 0 atom stereocenters. The van der Waals surface area contributed by atoms with Crippen molar-refractivity contribution in [1.29, 1.82) is 0 Å². The Kier molecular flexibility index (Phi) is 3.02. The standard InChI is InChI=1S/C10H8N4O5/c11-8-7(13-19-14-8)9(16)12-4-1-2-5(10(17)18)6(15)3-4/h1-3,15H,(H2,11,14)(H,12,16)(H,17,18). The lowest BCUT2D eigenvalue weighted by Crippen LogP contribution is -2.14. The largest absolute Gasteiger partial charge is 0.507 e. The summed E-state index contributed by atoms with van der Waals surface area (Å²) < 4.78 is 4.27. The van der Waals surface area contributed by atoms with Crippen molar-refractivity contribution in [3.63, 3.8) is 0 Å². The Morgan fingerprint density at radius 2 is 2.05 bits per heavy atom.